The Balaban J connectivity index is 4.79. The van der Waals surface area contributed by atoms with Crippen LogP contribution < -0.4 is 0 Å². The van der Waals surface area contributed by atoms with Crippen LogP contribution in [0.5, 0.6) is 0 Å². The molecule has 0 aliphatic carbocycles. The minimum Gasteiger partial charge on any atom is -0.462 e. The Labute approximate surface area is 197 Å². The van der Waals surface area contributed by atoms with Crippen molar-refractivity contribution in [1.82, 2.24) is 0 Å². The molecule has 0 aromatic carbocycles. The molecule has 0 saturated carbocycles. The molecule has 0 aliphatic heterocycles. The second-order valence-corrected chi connectivity index (χ2v) is 9.04. The molecular weight excluding hydrogens is 464 g/mol. The number of thioether (sulfide) groups is 2. The topological polar surface area (TPSA) is 124 Å². The molecule has 0 saturated heterocycles. The number of carbonyl (C=O) groups excluding carboxylic acids is 4. The highest BCUT2D eigenvalue weighted by atomic mass is 32.2. The van der Waals surface area contributed by atoms with Gasteiger partial charge >= 0.3 is 23.9 Å². The highest BCUT2D eigenvalue weighted by Crippen LogP contribution is 2.21. The zero-order chi connectivity index (χ0) is 24.4. The average molecular weight is 499 g/mol. The SMILES string of the molecule is COCCOCC(CSCC(COC(C)=O)OC(C)=O)SCC(COC(C)=O)OC(C)=O. The number of ether oxygens (including phenoxy) is 6. The molecule has 3 unspecified atom stereocenters. The van der Waals surface area contributed by atoms with Gasteiger partial charge in [0, 0.05) is 57.3 Å². The van der Waals surface area contributed by atoms with Gasteiger partial charge in [-0.25, -0.2) is 0 Å². The first-order valence-corrected chi connectivity index (χ1v) is 12.2. The second-order valence-electron chi connectivity index (χ2n) is 6.63. The number of carbonyl (C=O) groups is 4. The molecule has 0 rings (SSSR count). The van der Waals surface area contributed by atoms with Crippen molar-refractivity contribution in [2.45, 2.75) is 45.2 Å². The normalized spacial score (nSPS) is 13.5. The van der Waals surface area contributed by atoms with E-state index in [1.807, 2.05) is 0 Å². The van der Waals surface area contributed by atoms with Crippen LogP contribution in [-0.2, 0) is 47.6 Å². The van der Waals surface area contributed by atoms with Crippen LogP contribution >= 0.6 is 23.5 Å². The van der Waals surface area contributed by atoms with Crippen LogP contribution in [0.3, 0.4) is 0 Å². The predicted molar refractivity (Wildman–Crippen MR) is 121 cm³/mol. The molecule has 0 amide bonds. The van der Waals surface area contributed by atoms with E-state index in [4.69, 9.17) is 28.4 Å². The van der Waals surface area contributed by atoms with Gasteiger partial charge in [0.1, 0.15) is 25.4 Å². The number of hydrogen-bond donors (Lipinski definition) is 0. The largest absolute Gasteiger partial charge is 0.462 e. The van der Waals surface area contributed by atoms with Crippen molar-refractivity contribution in [3.63, 3.8) is 0 Å². The van der Waals surface area contributed by atoms with Crippen molar-refractivity contribution >= 4 is 47.4 Å². The lowest BCUT2D eigenvalue weighted by molar-refractivity contribution is -0.154. The molecule has 0 aromatic rings. The van der Waals surface area contributed by atoms with E-state index < -0.39 is 36.1 Å². The molecule has 0 N–H and O–H groups in total. The van der Waals surface area contributed by atoms with Gasteiger partial charge in [-0.1, -0.05) is 0 Å². The molecule has 0 aromatic heterocycles. The van der Waals surface area contributed by atoms with E-state index in [1.54, 1.807) is 7.11 Å². The third kappa shape index (κ3) is 19.2. The molecule has 0 spiro atoms. The van der Waals surface area contributed by atoms with E-state index in [0.29, 0.717) is 37.1 Å². The van der Waals surface area contributed by atoms with Crippen LogP contribution in [0.15, 0.2) is 0 Å². The lowest BCUT2D eigenvalue weighted by atomic mass is 10.4. The van der Waals surface area contributed by atoms with E-state index in [1.165, 1.54) is 51.2 Å². The van der Waals surface area contributed by atoms with Gasteiger partial charge in [0.15, 0.2) is 0 Å². The van der Waals surface area contributed by atoms with Gasteiger partial charge in [-0.3, -0.25) is 19.2 Å². The van der Waals surface area contributed by atoms with Gasteiger partial charge in [-0.15, -0.1) is 0 Å². The quantitative estimate of drug-likeness (QED) is 0.154. The lowest BCUT2D eigenvalue weighted by Crippen LogP contribution is -2.29. The van der Waals surface area contributed by atoms with Crippen molar-refractivity contribution in [3.05, 3.63) is 0 Å². The molecule has 32 heavy (non-hydrogen) atoms. The molecule has 0 bridgehead atoms. The number of rotatable bonds is 18. The van der Waals surface area contributed by atoms with Crippen molar-refractivity contribution in [2.75, 3.05) is 57.4 Å². The molecule has 0 heterocycles. The van der Waals surface area contributed by atoms with Gasteiger partial charge in [-0.2, -0.15) is 23.5 Å². The molecule has 10 nitrogen and oxygen atoms in total. The maximum Gasteiger partial charge on any atom is 0.303 e. The summed E-state index contributed by atoms with van der Waals surface area (Å²) in [5.41, 5.74) is 0. The van der Waals surface area contributed by atoms with Gasteiger partial charge in [0.2, 0.25) is 0 Å². The van der Waals surface area contributed by atoms with Crippen LogP contribution in [0.4, 0.5) is 0 Å². The minimum atomic E-state index is -0.578. The van der Waals surface area contributed by atoms with E-state index in [9.17, 15) is 19.2 Å². The van der Waals surface area contributed by atoms with Gasteiger partial charge < -0.3 is 28.4 Å². The van der Waals surface area contributed by atoms with Crippen molar-refractivity contribution < 1.29 is 47.6 Å². The molecular formula is C20H34O10S2. The fourth-order valence-electron chi connectivity index (χ4n) is 2.20. The minimum absolute atomic E-state index is 0.0129. The van der Waals surface area contributed by atoms with Crippen LogP contribution in [0.1, 0.15) is 27.7 Å². The lowest BCUT2D eigenvalue weighted by Gasteiger charge is -2.22. The third-order valence-corrected chi connectivity index (χ3v) is 6.27. The Morgan fingerprint density at radius 1 is 0.688 bits per heavy atom. The van der Waals surface area contributed by atoms with Crippen molar-refractivity contribution in [3.8, 4) is 0 Å². The molecule has 0 radical (unpaired) electrons. The summed E-state index contributed by atoms with van der Waals surface area (Å²) in [5, 5.41) is 0.0129. The molecule has 0 aliphatic rings. The van der Waals surface area contributed by atoms with E-state index in [2.05, 4.69) is 0 Å². The molecule has 0 fully saturated rings. The summed E-state index contributed by atoms with van der Waals surface area (Å²) in [4.78, 5) is 44.8. The standard InChI is InChI=1S/C20H34O10S2/c1-14(21)27-8-18(29-16(3)23)11-31-13-20(10-26-7-6-25-5)32-12-19(30-17(4)24)9-28-15(2)22/h18-20H,6-13H2,1-5H3. The molecule has 12 heteroatoms. The number of methoxy groups -OCH3 is 1. The fourth-order valence-corrected chi connectivity index (χ4v) is 4.64. The smallest absolute Gasteiger partial charge is 0.303 e. The Morgan fingerprint density at radius 2 is 1.22 bits per heavy atom. The summed E-state index contributed by atoms with van der Waals surface area (Å²) in [7, 11) is 1.59. The Kier molecular flexibility index (Phi) is 18.1. The van der Waals surface area contributed by atoms with Gasteiger partial charge in [0.05, 0.1) is 19.8 Å². The van der Waals surface area contributed by atoms with Crippen LogP contribution in [0.25, 0.3) is 0 Å². The van der Waals surface area contributed by atoms with E-state index in [-0.39, 0.29) is 18.5 Å². The van der Waals surface area contributed by atoms with E-state index in [0.717, 1.165) is 0 Å². The summed E-state index contributed by atoms with van der Waals surface area (Å²) in [6.45, 7) is 6.45. The third-order valence-electron chi connectivity index (χ3n) is 3.47. The first kappa shape index (κ1) is 30.5. The predicted octanol–water partition coefficient (Wildman–Crippen LogP) is 1.47. The monoisotopic (exact) mass is 498 g/mol. The van der Waals surface area contributed by atoms with E-state index >= 15 is 0 Å². The molecule has 186 valence electrons. The highest BCUT2D eigenvalue weighted by molar-refractivity contribution is 8.03. The van der Waals surface area contributed by atoms with Gasteiger partial charge in [-0.05, 0) is 0 Å². The first-order chi connectivity index (χ1) is 15.1. The van der Waals surface area contributed by atoms with Crippen LogP contribution in [0.2, 0.25) is 0 Å². The second kappa shape index (κ2) is 19.0. The Hall–Kier alpha value is -1.50. The van der Waals surface area contributed by atoms with Crippen molar-refractivity contribution in [1.29, 1.82) is 0 Å². The summed E-state index contributed by atoms with van der Waals surface area (Å²) in [6, 6.07) is 0. The summed E-state index contributed by atoms with van der Waals surface area (Å²) < 4.78 is 31.0. The van der Waals surface area contributed by atoms with Gasteiger partial charge in [0.25, 0.3) is 0 Å². The summed E-state index contributed by atoms with van der Waals surface area (Å²) in [5.74, 6) is -0.334. The molecule has 3 atom stereocenters. The zero-order valence-corrected chi connectivity index (χ0v) is 20.9. The zero-order valence-electron chi connectivity index (χ0n) is 19.3. The van der Waals surface area contributed by atoms with Crippen LogP contribution in [-0.4, -0.2) is 98.7 Å². The maximum absolute atomic E-state index is 11.3. The van der Waals surface area contributed by atoms with Crippen LogP contribution in [0, 0.1) is 0 Å². The van der Waals surface area contributed by atoms with Crippen molar-refractivity contribution in [2.24, 2.45) is 0 Å². The summed E-state index contributed by atoms with van der Waals surface area (Å²) >= 11 is 3.03. The Bertz CT molecular complexity index is 573. The number of hydrogen-bond acceptors (Lipinski definition) is 12. The maximum atomic E-state index is 11.3. The average Bonchev–Trinajstić information content (AvgIpc) is 2.69. The fraction of sp³-hybridized carbons (Fsp3) is 0.800. The Morgan fingerprint density at radius 3 is 1.69 bits per heavy atom. The highest BCUT2D eigenvalue weighted by Gasteiger charge is 2.20. The first-order valence-electron chi connectivity index (χ1n) is 10.0. The summed E-state index contributed by atoms with van der Waals surface area (Å²) in [6.07, 6.45) is -1.13. The number of esters is 4.